The van der Waals surface area contributed by atoms with Gasteiger partial charge in [-0.05, 0) is 54.6 Å². The number of sulfonamides is 1. The van der Waals surface area contributed by atoms with Crippen molar-refractivity contribution in [1.82, 2.24) is 14.9 Å². The number of nitrogens with zero attached hydrogens (tertiary/aromatic N) is 1. The molecule has 0 spiro atoms. The highest BCUT2D eigenvalue weighted by molar-refractivity contribution is 7.89. The molecule has 0 atom stereocenters. The van der Waals surface area contributed by atoms with Gasteiger partial charge < -0.3 is 14.8 Å². The number of aromatic amines is 1. The first kappa shape index (κ1) is 20.4. The smallest absolute Gasteiger partial charge is 0.273 e. The number of amides is 1. The average molecular weight is 438 g/mol. The summed E-state index contributed by atoms with van der Waals surface area (Å²) in [5, 5.41) is 19.3. The Kier molecular flexibility index (Phi) is 5.56. The van der Waals surface area contributed by atoms with E-state index in [9.17, 15) is 18.3 Å². The molecule has 0 bridgehead atoms. The molecule has 0 saturated carbocycles. The molecule has 0 radical (unpaired) electrons. The van der Waals surface area contributed by atoms with Gasteiger partial charge in [0.15, 0.2) is 0 Å². The molecule has 10 heteroatoms. The Balaban J connectivity index is 1.42. The molecule has 1 amide bonds. The Labute approximate surface area is 177 Å². The minimum Gasteiger partial charge on any atom is -0.507 e. The van der Waals surface area contributed by atoms with Crippen molar-refractivity contribution in [2.75, 3.05) is 5.32 Å². The van der Waals surface area contributed by atoms with Crippen LogP contribution in [0.15, 0.2) is 82.3 Å². The standard InChI is InChI=1S/C21H18N4O5S/c26-20-6-2-1-5-17(20)18-12-19(25-24-18)21(27)23-14-7-9-16(10-8-14)31(28,29)22-13-15-4-3-11-30-15/h1-12,22,26H,13H2,(H,23,27)(H,24,25). The van der Waals surface area contributed by atoms with Crippen LogP contribution in [0.2, 0.25) is 0 Å². The SMILES string of the molecule is O=C(Nc1ccc(S(=O)(=O)NCc2ccco2)cc1)c1cc(-c2ccccc2O)n[nH]1. The lowest BCUT2D eigenvalue weighted by Crippen LogP contribution is -2.23. The van der Waals surface area contributed by atoms with Crippen LogP contribution >= 0.6 is 0 Å². The number of carbonyl (C=O) groups excluding carboxylic acids is 1. The van der Waals surface area contributed by atoms with Crippen LogP contribution in [-0.4, -0.2) is 29.6 Å². The third-order valence-corrected chi connectivity index (χ3v) is 5.86. The second-order valence-electron chi connectivity index (χ2n) is 6.57. The lowest BCUT2D eigenvalue weighted by molar-refractivity contribution is 0.102. The van der Waals surface area contributed by atoms with Gasteiger partial charge in [0.05, 0.1) is 23.4 Å². The molecule has 31 heavy (non-hydrogen) atoms. The van der Waals surface area contributed by atoms with Gasteiger partial charge in [-0.25, -0.2) is 13.1 Å². The predicted molar refractivity (Wildman–Crippen MR) is 113 cm³/mol. The molecule has 0 fully saturated rings. The molecule has 0 aliphatic rings. The summed E-state index contributed by atoms with van der Waals surface area (Å²) in [4.78, 5) is 12.5. The van der Waals surface area contributed by atoms with E-state index in [1.807, 2.05) is 0 Å². The molecule has 0 unspecified atom stereocenters. The summed E-state index contributed by atoms with van der Waals surface area (Å²) in [6.07, 6.45) is 1.46. The molecule has 2 aromatic carbocycles. The molecular formula is C21H18N4O5S. The fraction of sp³-hybridized carbons (Fsp3) is 0.0476. The van der Waals surface area contributed by atoms with Crippen LogP contribution < -0.4 is 10.0 Å². The number of hydrogen-bond acceptors (Lipinski definition) is 6. The van der Waals surface area contributed by atoms with Crippen LogP contribution in [0.5, 0.6) is 5.75 Å². The third-order valence-electron chi connectivity index (χ3n) is 4.44. The second kappa shape index (κ2) is 8.46. The van der Waals surface area contributed by atoms with E-state index >= 15 is 0 Å². The van der Waals surface area contributed by atoms with E-state index in [0.717, 1.165) is 0 Å². The van der Waals surface area contributed by atoms with E-state index in [1.165, 1.54) is 42.7 Å². The largest absolute Gasteiger partial charge is 0.507 e. The van der Waals surface area contributed by atoms with E-state index in [1.54, 1.807) is 30.3 Å². The first-order valence-electron chi connectivity index (χ1n) is 9.19. The number of phenols is 1. The van der Waals surface area contributed by atoms with Gasteiger partial charge in [-0.15, -0.1) is 0 Å². The van der Waals surface area contributed by atoms with Crippen LogP contribution in [0.4, 0.5) is 5.69 Å². The molecule has 2 aromatic heterocycles. The van der Waals surface area contributed by atoms with Crippen LogP contribution in [0, 0.1) is 0 Å². The van der Waals surface area contributed by atoms with E-state index in [2.05, 4.69) is 20.2 Å². The number of phenolic OH excluding ortho intramolecular Hbond substituents is 1. The van der Waals surface area contributed by atoms with Gasteiger partial charge in [-0.1, -0.05) is 12.1 Å². The summed E-state index contributed by atoms with van der Waals surface area (Å²) < 4.78 is 32.3. The summed E-state index contributed by atoms with van der Waals surface area (Å²) in [7, 11) is -3.73. The van der Waals surface area contributed by atoms with Gasteiger partial charge >= 0.3 is 0 Å². The number of furan rings is 1. The monoisotopic (exact) mass is 438 g/mol. The Morgan fingerprint density at radius 1 is 1.06 bits per heavy atom. The van der Waals surface area contributed by atoms with Crippen molar-refractivity contribution < 1.29 is 22.7 Å². The Hall–Kier alpha value is -3.89. The average Bonchev–Trinajstić information content (AvgIpc) is 3.45. The maximum atomic E-state index is 12.5. The molecule has 0 saturated heterocycles. The number of hydrogen-bond donors (Lipinski definition) is 4. The topological polar surface area (TPSA) is 137 Å². The summed E-state index contributed by atoms with van der Waals surface area (Å²) in [6.45, 7) is 0.0347. The highest BCUT2D eigenvalue weighted by Gasteiger charge is 2.16. The van der Waals surface area contributed by atoms with Gasteiger partial charge in [0.1, 0.15) is 17.2 Å². The minimum atomic E-state index is -3.73. The lowest BCUT2D eigenvalue weighted by atomic mass is 10.1. The highest BCUT2D eigenvalue weighted by atomic mass is 32.2. The van der Waals surface area contributed by atoms with Crippen molar-refractivity contribution in [3.8, 4) is 17.0 Å². The zero-order chi connectivity index (χ0) is 21.8. The minimum absolute atomic E-state index is 0.0347. The second-order valence-corrected chi connectivity index (χ2v) is 8.33. The van der Waals surface area contributed by atoms with Crippen LogP contribution in [0.3, 0.4) is 0 Å². The van der Waals surface area contributed by atoms with Gasteiger partial charge in [-0.2, -0.15) is 5.10 Å². The van der Waals surface area contributed by atoms with E-state index in [4.69, 9.17) is 4.42 Å². The fourth-order valence-corrected chi connectivity index (χ4v) is 3.84. The summed E-state index contributed by atoms with van der Waals surface area (Å²) >= 11 is 0. The molecular weight excluding hydrogens is 420 g/mol. The van der Waals surface area contributed by atoms with E-state index in [0.29, 0.717) is 22.7 Å². The number of rotatable bonds is 7. The molecule has 0 aliphatic heterocycles. The van der Waals surface area contributed by atoms with E-state index < -0.39 is 15.9 Å². The fourth-order valence-electron chi connectivity index (χ4n) is 2.84. The number of aromatic nitrogens is 2. The zero-order valence-corrected chi connectivity index (χ0v) is 16.9. The highest BCUT2D eigenvalue weighted by Crippen LogP contribution is 2.27. The summed E-state index contributed by atoms with van der Waals surface area (Å²) in [5.41, 5.74) is 1.52. The maximum absolute atomic E-state index is 12.5. The quantitative estimate of drug-likeness (QED) is 0.350. The number of benzene rings is 2. The Morgan fingerprint density at radius 3 is 2.55 bits per heavy atom. The number of H-pyrrole nitrogens is 1. The van der Waals surface area contributed by atoms with Gasteiger partial charge in [0.25, 0.3) is 5.91 Å². The van der Waals surface area contributed by atoms with Crippen molar-refractivity contribution in [1.29, 1.82) is 0 Å². The van der Waals surface area contributed by atoms with Crippen molar-refractivity contribution in [3.05, 3.63) is 84.4 Å². The Bertz CT molecular complexity index is 1300. The molecule has 0 aliphatic carbocycles. The molecule has 4 rings (SSSR count). The number of anilines is 1. The summed E-state index contributed by atoms with van der Waals surface area (Å²) in [6, 6.07) is 17.3. The molecule has 158 valence electrons. The maximum Gasteiger partial charge on any atom is 0.273 e. The van der Waals surface area contributed by atoms with Crippen molar-refractivity contribution >= 4 is 21.6 Å². The van der Waals surface area contributed by atoms with Crippen LogP contribution in [0.25, 0.3) is 11.3 Å². The number of para-hydroxylation sites is 1. The molecule has 9 nitrogen and oxygen atoms in total. The Morgan fingerprint density at radius 2 is 1.84 bits per heavy atom. The van der Waals surface area contributed by atoms with Crippen LogP contribution in [0.1, 0.15) is 16.2 Å². The van der Waals surface area contributed by atoms with Crippen molar-refractivity contribution in [2.24, 2.45) is 0 Å². The first-order valence-corrected chi connectivity index (χ1v) is 10.7. The molecule has 2 heterocycles. The van der Waals surface area contributed by atoms with Gasteiger partial charge in [-0.3, -0.25) is 9.89 Å². The normalized spacial score (nSPS) is 11.4. The van der Waals surface area contributed by atoms with Crippen LogP contribution in [-0.2, 0) is 16.6 Å². The number of aromatic hydroxyl groups is 1. The summed E-state index contributed by atoms with van der Waals surface area (Å²) in [5.74, 6) is 0.0920. The zero-order valence-electron chi connectivity index (χ0n) is 16.1. The first-order chi connectivity index (χ1) is 14.9. The predicted octanol–water partition coefficient (Wildman–Crippen LogP) is 3.11. The van der Waals surface area contributed by atoms with E-state index in [-0.39, 0.29) is 22.9 Å². The van der Waals surface area contributed by atoms with Crippen molar-refractivity contribution in [2.45, 2.75) is 11.4 Å². The van der Waals surface area contributed by atoms with Gasteiger partial charge in [0.2, 0.25) is 10.0 Å². The third kappa shape index (κ3) is 4.65. The lowest BCUT2D eigenvalue weighted by Gasteiger charge is -2.07. The molecule has 4 N–H and O–H groups in total. The van der Waals surface area contributed by atoms with Gasteiger partial charge in [0, 0.05) is 11.3 Å². The number of carbonyl (C=O) groups is 1. The number of nitrogens with one attached hydrogen (secondary N) is 3. The van der Waals surface area contributed by atoms with Crippen molar-refractivity contribution in [3.63, 3.8) is 0 Å². The molecule has 4 aromatic rings.